The van der Waals surface area contributed by atoms with Crippen LogP contribution < -0.4 is 9.64 Å². The second-order valence-electron chi connectivity index (χ2n) is 3.71. The molecule has 0 radical (unpaired) electrons. The standard InChI is InChI=1S/C13H13BrN2O3/c1-3-16(9-4-5-11(18-2)15-8-9)13(17)12-10(14)6-7-19-12/h4-8H,3H2,1-2H3. The van der Waals surface area contributed by atoms with Crippen LogP contribution in [0.1, 0.15) is 17.5 Å². The highest BCUT2D eigenvalue weighted by atomic mass is 79.9. The van der Waals surface area contributed by atoms with E-state index in [0.717, 1.165) is 0 Å². The molecule has 0 saturated heterocycles. The summed E-state index contributed by atoms with van der Waals surface area (Å²) in [6, 6.07) is 5.18. The molecule has 2 heterocycles. The van der Waals surface area contributed by atoms with Gasteiger partial charge in [-0.05, 0) is 35.0 Å². The predicted molar refractivity (Wildman–Crippen MR) is 74.5 cm³/mol. The SMILES string of the molecule is CCN(C(=O)c1occc1Br)c1ccc(OC)nc1. The van der Waals surface area contributed by atoms with E-state index in [2.05, 4.69) is 20.9 Å². The zero-order valence-corrected chi connectivity index (χ0v) is 12.2. The molecular weight excluding hydrogens is 312 g/mol. The van der Waals surface area contributed by atoms with Crippen molar-refractivity contribution in [1.29, 1.82) is 0 Å². The number of ether oxygens (including phenoxy) is 1. The number of aromatic nitrogens is 1. The fourth-order valence-electron chi connectivity index (χ4n) is 1.67. The molecule has 0 aliphatic carbocycles. The first-order chi connectivity index (χ1) is 9.17. The number of hydrogen-bond donors (Lipinski definition) is 0. The van der Waals surface area contributed by atoms with E-state index in [1.807, 2.05) is 6.92 Å². The molecule has 0 saturated carbocycles. The number of pyridine rings is 1. The second kappa shape index (κ2) is 5.88. The molecule has 1 amide bonds. The maximum atomic E-state index is 12.4. The van der Waals surface area contributed by atoms with E-state index >= 15 is 0 Å². The second-order valence-corrected chi connectivity index (χ2v) is 4.56. The summed E-state index contributed by atoms with van der Waals surface area (Å²) in [5.74, 6) is 0.565. The number of carbonyl (C=O) groups excluding carboxylic acids is 1. The summed E-state index contributed by atoms with van der Waals surface area (Å²) in [5.41, 5.74) is 0.691. The Bertz CT molecular complexity index is 566. The fourth-order valence-corrected chi connectivity index (χ4v) is 2.04. The number of hydrogen-bond acceptors (Lipinski definition) is 4. The Morgan fingerprint density at radius 3 is 2.74 bits per heavy atom. The molecule has 2 aromatic rings. The fraction of sp³-hybridized carbons (Fsp3) is 0.231. The summed E-state index contributed by atoms with van der Waals surface area (Å²) in [6.07, 6.45) is 3.06. The Hall–Kier alpha value is -1.82. The van der Waals surface area contributed by atoms with E-state index in [9.17, 15) is 4.79 Å². The minimum Gasteiger partial charge on any atom is -0.481 e. The van der Waals surface area contributed by atoms with Gasteiger partial charge in [0.2, 0.25) is 11.6 Å². The van der Waals surface area contributed by atoms with E-state index in [-0.39, 0.29) is 11.7 Å². The Morgan fingerprint density at radius 2 is 2.26 bits per heavy atom. The molecule has 2 aromatic heterocycles. The number of nitrogens with zero attached hydrogens (tertiary/aromatic N) is 2. The van der Waals surface area contributed by atoms with Crippen molar-refractivity contribution in [2.75, 3.05) is 18.6 Å². The molecule has 0 unspecified atom stereocenters. The van der Waals surface area contributed by atoms with Crippen LogP contribution in [0.2, 0.25) is 0 Å². The molecule has 0 spiro atoms. The molecule has 6 heteroatoms. The van der Waals surface area contributed by atoms with Gasteiger partial charge in [0.15, 0.2) is 0 Å². The first kappa shape index (κ1) is 13.6. The van der Waals surface area contributed by atoms with Crippen LogP contribution in [0, 0.1) is 0 Å². The zero-order chi connectivity index (χ0) is 13.8. The molecule has 2 rings (SSSR count). The third kappa shape index (κ3) is 2.78. The van der Waals surface area contributed by atoms with Gasteiger partial charge in [0.05, 0.1) is 29.7 Å². The van der Waals surface area contributed by atoms with E-state index < -0.39 is 0 Å². The van der Waals surface area contributed by atoms with E-state index in [4.69, 9.17) is 9.15 Å². The molecule has 0 bridgehead atoms. The quantitative estimate of drug-likeness (QED) is 0.867. The minimum absolute atomic E-state index is 0.216. The molecule has 0 aromatic carbocycles. The summed E-state index contributed by atoms with van der Waals surface area (Å²) >= 11 is 3.28. The Labute approximate surface area is 119 Å². The summed E-state index contributed by atoms with van der Waals surface area (Å²) < 4.78 is 10.8. The van der Waals surface area contributed by atoms with Gasteiger partial charge in [-0.2, -0.15) is 0 Å². The lowest BCUT2D eigenvalue weighted by atomic mass is 10.3. The predicted octanol–water partition coefficient (Wildman–Crippen LogP) is 3.11. The largest absolute Gasteiger partial charge is 0.481 e. The van der Waals surface area contributed by atoms with E-state index in [1.165, 1.54) is 6.26 Å². The smallest absolute Gasteiger partial charge is 0.295 e. The molecule has 0 fully saturated rings. The number of carbonyl (C=O) groups is 1. The number of furan rings is 1. The van der Waals surface area contributed by atoms with Crippen molar-refractivity contribution in [1.82, 2.24) is 4.98 Å². The molecule has 19 heavy (non-hydrogen) atoms. The topological polar surface area (TPSA) is 55.6 Å². The Morgan fingerprint density at radius 1 is 1.47 bits per heavy atom. The number of halogens is 1. The van der Waals surface area contributed by atoms with Crippen LogP contribution >= 0.6 is 15.9 Å². The van der Waals surface area contributed by atoms with Crippen molar-refractivity contribution < 1.29 is 13.9 Å². The normalized spacial score (nSPS) is 10.3. The van der Waals surface area contributed by atoms with Gasteiger partial charge in [-0.25, -0.2) is 4.98 Å². The molecule has 100 valence electrons. The van der Waals surface area contributed by atoms with Gasteiger partial charge in [0.1, 0.15) is 0 Å². The van der Waals surface area contributed by atoms with Gasteiger partial charge in [0.25, 0.3) is 5.91 Å². The Kier molecular flexibility index (Phi) is 4.21. The molecule has 0 atom stereocenters. The van der Waals surface area contributed by atoms with Crippen LogP contribution in [0.3, 0.4) is 0 Å². The maximum Gasteiger partial charge on any atom is 0.295 e. The van der Waals surface area contributed by atoms with Crippen molar-refractivity contribution in [3.05, 3.63) is 40.9 Å². The third-order valence-corrected chi connectivity index (χ3v) is 3.24. The van der Waals surface area contributed by atoms with E-state index in [1.54, 1.807) is 36.4 Å². The highest BCUT2D eigenvalue weighted by molar-refractivity contribution is 9.10. The van der Waals surface area contributed by atoms with Crippen molar-refractivity contribution in [3.8, 4) is 5.88 Å². The zero-order valence-electron chi connectivity index (χ0n) is 10.6. The van der Waals surface area contributed by atoms with Crippen LogP contribution in [-0.2, 0) is 0 Å². The minimum atomic E-state index is -0.216. The monoisotopic (exact) mass is 324 g/mol. The maximum absolute atomic E-state index is 12.4. The van der Waals surface area contributed by atoms with Gasteiger partial charge in [-0.1, -0.05) is 0 Å². The molecule has 0 N–H and O–H groups in total. The lowest BCUT2D eigenvalue weighted by Crippen LogP contribution is -2.30. The highest BCUT2D eigenvalue weighted by Crippen LogP contribution is 2.23. The van der Waals surface area contributed by atoms with Gasteiger partial charge >= 0.3 is 0 Å². The molecule has 5 nitrogen and oxygen atoms in total. The van der Waals surface area contributed by atoms with Crippen LogP contribution in [0.25, 0.3) is 0 Å². The van der Waals surface area contributed by atoms with E-state index in [0.29, 0.717) is 22.6 Å². The first-order valence-electron chi connectivity index (χ1n) is 5.72. The van der Waals surface area contributed by atoms with Gasteiger partial charge in [-0.3, -0.25) is 4.79 Å². The van der Waals surface area contributed by atoms with Gasteiger partial charge < -0.3 is 14.1 Å². The lowest BCUT2D eigenvalue weighted by Gasteiger charge is -2.19. The lowest BCUT2D eigenvalue weighted by molar-refractivity contribution is 0.0960. The van der Waals surface area contributed by atoms with Crippen LogP contribution in [-0.4, -0.2) is 24.5 Å². The Balaban J connectivity index is 2.29. The molecule has 0 aliphatic heterocycles. The van der Waals surface area contributed by atoms with Gasteiger partial charge in [-0.15, -0.1) is 0 Å². The summed E-state index contributed by atoms with van der Waals surface area (Å²) in [5, 5.41) is 0. The average Bonchev–Trinajstić information content (AvgIpc) is 2.86. The number of amides is 1. The van der Waals surface area contributed by atoms with Crippen LogP contribution in [0.5, 0.6) is 5.88 Å². The molecular formula is C13H13BrN2O3. The number of methoxy groups -OCH3 is 1. The molecule has 0 aliphatic rings. The summed E-state index contributed by atoms with van der Waals surface area (Å²) in [6.45, 7) is 2.40. The van der Waals surface area contributed by atoms with Crippen LogP contribution in [0.4, 0.5) is 5.69 Å². The van der Waals surface area contributed by atoms with Crippen molar-refractivity contribution in [2.24, 2.45) is 0 Å². The van der Waals surface area contributed by atoms with Crippen molar-refractivity contribution in [3.63, 3.8) is 0 Å². The van der Waals surface area contributed by atoms with Gasteiger partial charge in [0, 0.05) is 12.6 Å². The number of anilines is 1. The highest BCUT2D eigenvalue weighted by Gasteiger charge is 2.21. The summed E-state index contributed by atoms with van der Waals surface area (Å²) in [4.78, 5) is 18.0. The third-order valence-electron chi connectivity index (χ3n) is 2.61. The number of rotatable bonds is 4. The average molecular weight is 325 g/mol. The van der Waals surface area contributed by atoms with Crippen LogP contribution in [0.15, 0.2) is 39.5 Å². The van der Waals surface area contributed by atoms with Crippen molar-refractivity contribution in [2.45, 2.75) is 6.92 Å². The van der Waals surface area contributed by atoms with Crippen molar-refractivity contribution >= 4 is 27.5 Å². The first-order valence-corrected chi connectivity index (χ1v) is 6.51. The summed E-state index contributed by atoms with van der Waals surface area (Å²) in [7, 11) is 1.55.